The summed E-state index contributed by atoms with van der Waals surface area (Å²) in [6, 6.07) is 3.03. The minimum absolute atomic E-state index is 0.187. The van der Waals surface area contributed by atoms with Crippen molar-refractivity contribution in [2.75, 3.05) is 0 Å². The second-order valence-corrected chi connectivity index (χ2v) is 2.71. The first-order valence-electron chi connectivity index (χ1n) is 3.36. The topological polar surface area (TPSA) is 0 Å². The van der Waals surface area contributed by atoms with Gasteiger partial charge in [0.25, 0.3) is 0 Å². The molecule has 0 spiro atoms. The van der Waals surface area contributed by atoms with Crippen LogP contribution in [0.5, 0.6) is 0 Å². The van der Waals surface area contributed by atoms with Gasteiger partial charge in [-0.3, -0.25) is 0 Å². The molecule has 0 heterocycles. The van der Waals surface area contributed by atoms with Gasteiger partial charge in [-0.05, 0) is 5.56 Å². The summed E-state index contributed by atoms with van der Waals surface area (Å²) in [6.45, 7) is 3.36. The summed E-state index contributed by atoms with van der Waals surface area (Å²) in [6.07, 6.45) is -4.32. The van der Waals surface area contributed by atoms with Crippen molar-refractivity contribution in [3.63, 3.8) is 0 Å². The molecule has 6 heteroatoms. The van der Waals surface area contributed by atoms with Crippen molar-refractivity contribution < 1.29 is 30.5 Å². The fourth-order valence-corrected chi connectivity index (χ4v) is 0.869. The van der Waals surface area contributed by atoms with Crippen molar-refractivity contribution in [1.82, 2.24) is 0 Å². The fourth-order valence-electron chi connectivity index (χ4n) is 0.751. The molecule has 14 heavy (non-hydrogen) atoms. The zero-order valence-electron chi connectivity index (χ0n) is 7.04. The SMILES string of the molecule is [CH2-]c1cc(C(F)(F)F)ccc1Cl.[Cl][Zn+]. The maximum absolute atomic E-state index is 12.0. The standard InChI is InChI=1S/C8H5ClF3.ClH.Zn/c1-5-4-6(8(10,11)12)2-3-7(5)9;;/h2-4H,1H2;1H;/q-1;;+2/p-1. The van der Waals surface area contributed by atoms with Gasteiger partial charge in [-0.25, -0.2) is 0 Å². The minimum atomic E-state index is -4.32. The Balaban J connectivity index is 0.000000791. The van der Waals surface area contributed by atoms with Crippen molar-refractivity contribution in [1.29, 1.82) is 0 Å². The van der Waals surface area contributed by atoms with Crippen LogP contribution >= 0.6 is 21.3 Å². The van der Waals surface area contributed by atoms with Gasteiger partial charge in [0.2, 0.25) is 0 Å². The maximum atomic E-state index is 12.0. The molecule has 74 valence electrons. The molecule has 0 aliphatic heterocycles. The van der Waals surface area contributed by atoms with Gasteiger partial charge in [-0.1, -0.05) is 17.2 Å². The Morgan fingerprint density at radius 1 is 1.21 bits per heavy atom. The predicted molar refractivity (Wildman–Crippen MR) is 46.8 cm³/mol. The van der Waals surface area contributed by atoms with Crippen molar-refractivity contribution >= 4 is 21.3 Å². The molecule has 0 nitrogen and oxygen atoms in total. The van der Waals surface area contributed by atoms with Gasteiger partial charge >= 0.3 is 33.2 Å². The van der Waals surface area contributed by atoms with Crippen LogP contribution in [-0.4, -0.2) is 0 Å². The van der Waals surface area contributed by atoms with Gasteiger partial charge in [0.05, 0.1) is 0 Å². The van der Waals surface area contributed by atoms with Gasteiger partial charge in [0.1, 0.15) is 0 Å². The van der Waals surface area contributed by atoms with E-state index in [-0.39, 0.29) is 10.6 Å². The second-order valence-electron chi connectivity index (χ2n) is 2.30. The number of hydrogen-bond acceptors (Lipinski definition) is 0. The first-order chi connectivity index (χ1) is 6.41. The average Bonchev–Trinajstić information content (AvgIpc) is 2.11. The average molecular weight is 294 g/mol. The Bertz CT molecular complexity index is 299. The van der Waals surface area contributed by atoms with E-state index in [4.69, 9.17) is 21.3 Å². The molecule has 0 radical (unpaired) electrons. The van der Waals surface area contributed by atoms with Crippen LogP contribution < -0.4 is 0 Å². The molecule has 0 N–H and O–H groups in total. The van der Waals surface area contributed by atoms with Crippen LogP contribution in [0.1, 0.15) is 11.1 Å². The Hall–Kier alpha value is 0.0834. The Kier molecular flexibility index (Phi) is 5.88. The number of rotatable bonds is 0. The van der Waals surface area contributed by atoms with Crippen LogP contribution in [0, 0.1) is 6.92 Å². The molecule has 1 rings (SSSR count). The molecule has 0 saturated heterocycles. The molecule has 0 aliphatic rings. The second kappa shape index (κ2) is 5.84. The van der Waals surface area contributed by atoms with E-state index >= 15 is 0 Å². The summed E-state index contributed by atoms with van der Waals surface area (Å²) < 4.78 is 36.1. The van der Waals surface area contributed by atoms with Crippen molar-refractivity contribution in [3.8, 4) is 0 Å². The predicted octanol–water partition coefficient (Wildman–Crippen LogP) is 4.23. The number of halogens is 5. The van der Waals surface area contributed by atoms with Gasteiger partial charge in [-0.15, -0.1) is 6.07 Å². The Morgan fingerprint density at radius 2 is 1.71 bits per heavy atom. The fraction of sp³-hybridized carbons (Fsp3) is 0.125. The molecule has 1 aromatic carbocycles. The third-order valence-electron chi connectivity index (χ3n) is 1.37. The Morgan fingerprint density at radius 3 is 2.07 bits per heavy atom. The van der Waals surface area contributed by atoms with Crippen LogP contribution in [0.3, 0.4) is 0 Å². The monoisotopic (exact) mass is 292 g/mol. The molecule has 0 amide bonds. The van der Waals surface area contributed by atoms with E-state index in [2.05, 4.69) is 6.92 Å². The molecular weight excluding hydrogens is 289 g/mol. The first-order valence-corrected chi connectivity index (χ1v) is 7.64. The van der Waals surface area contributed by atoms with Gasteiger partial charge < -0.3 is 0 Å². The van der Waals surface area contributed by atoms with E-state index in [1.807, 2.05) is 0 Å². The van der Waals surface area contributed by atoms with E-state index in [1.165, 1.54) is 6.07 Å². The number of hydrogen-bond donors (Lipinski definition) is 0. The third kappa shape index (κ3) is 4.08. The van der Waals surface area contributed by atoms with E-state index < -0.39 is 11.7 Å². The summed E-state index contributed by atoms with van der Waals surface area (Å²) in [5, 5.41) is 0.239. The van der Waals surface area contributed by atoms with Crippen LogP contribution in [0.15, 0.2) is 18.2 Å². The molecule has 0 fully saturated rings. The third-order valence-corrected chi connectivity index (χ3v) is 1.74. The molecule has 0 atom stereocenters. The van der Waals surface area contributed by atoms with E-state index in [0.29, 0.717) is 0 Å². The zero-order valence-corrected chi connectivity index (χ0v) is 11.5. The quantitative estimate of drug-likeness (QED) is 0.496. The summed E-state index contributed by atoms with van der Waals surface area (Å²) in [4.78, 5) is 0. The normalized spacial score (nSPS) is 10.5. The van der Waals surface area contributed by atoms with E-state index in [9.17, 15) is 13.2 Å². The molecule has 0 aliphatic carbocycles. The van der Waals surface area contributed by atoms with Crippen molar-refractivity contribution in [2.45, 2.75) is 6.18 Å². The van der Waals surface area contributed by atoms with E-state index in [0.717, 1.165) is 29.4 Å². The molecule has 0 saturated carbocycles. The summed E-state index contributed by atoms with van der Waals surface area (Å²) >= 11 is 6.35. The molecule has 0 bridgehead atoms. The van der Waals surface area contributed by atoms with Crippen molar-refractivity contribution in [2.24, 2.45) is 0 Å². The van der Waals surface area contributed by atoms with Crippen LogP contribution in [0.25, 0.3) is 0 Å². The number of alkyl halides is 3. The number of benzene rings is 1. The van der Waals surface area contributed by atoms with E-state index in [1.54, 1.807) is 0 Å². The van der Waals surface area contributed by atoms with Gasteiger partial charge in [-0.2, -0.15) is 37.3 Å². The molecule has 0 aromatic heterocycles. The van der Waals surface area contributed by atoms with Crippen molar-refractivity contribution in [3.05, 3.63) is 41.3 Å². The van der Waals surface area contributed by atoms with Crippen LogP contribution in [-0.2, 0) is 23.5 Å². The summed E-state index contributed by atoms with van der Waals surface area (Å²) in [7, 11) is 4.76. The first kappa shape index (κ1) is 14.1. The zero-order chi connectivity index (χ0) is 11.4. The molecule has 1 aromatic rings. The Labute approximate surface area is 99.1 Å². The van der Waals surface area contributed by atoms with Crippen LogP contribution in [0.2, 0.25) is 5.02 Å². The van der Waals surface area contributed by atoms with Crippen LogP contribution in [0.4, 0.5) is 13.2 Å². The molecule has 0 unspecified atom stereocenters. The van der Waals surface area contributed by atoms with Gasteiger partial charge in [0.15, 0.2) is 0 Å². The summed E-state index contributed by atoms with van der Waals surface area (Å²) in [5.41, 5.74) is -0.539. The molecular formula is C8H5Cl2F3Zn. The summed E-state index contributed by atoms with van der Waals surface area (Å²) in [5.74, 6) is 0. The van der Waals surface area contributed by atoms with Gasteiger partial charge in [0, 0.05) is 0 Å².